The van der Waals surface area contributed by atoms with Gasteiger partial charge in [0.25, 0.3) is 0 Å². The summed E-state index contributed by atoms with van der Waals surface area (Å²) < 4.78 is 0. The predicted molar refractivity (Wildman–Crippen MR) is 95.7 cm³/mol. The number of hydrogen-bond acceptors (Lipinski definition) is 3. The van der Waals surface area contributed by atoms with E-state index < -0.39 is 5.60 Å². The minimum atomic E-state index is -0.906. The van der Waals surface area contributed by atoms with E-state index in [0.29, 0.717) is 19.6 Å². The average Bonchev–Trinajstić information content (AvgIpc) is 3.16. The van der Waals surface area contributed by atoms with Crippen molar-refractivity contribution in [2.45, 2.75) is 58.2 Å². The zero-order chi connectivity index (χ0) is 18.2. The van der Waals surface area contributed by atoms with E-state index in [4.69, 9.17) is 0 Å². The molecular formula is C20H28N2O3. The van der Waals surface area contributed by atoms with Crippen molar-refractivity contribution in [1.82, 2.24) is 9.80 Å². The van der Waals surface area contributed by atoms with Gasteiger partial charge in [-0.2, -0.15) is 0 Å². The lowest BCUT2D eigenvalue weighted by Gasteiger charge is -2.35. The molecule has 0 aliphatic carbocycles. The summed E-state index contributed by atoms with van der Waals surface area (Å²) >= 11 is 0. The van der Waals surface area contributed by atoms with Crippen molar-refractivity contribution >= 4 is 11.8 Å². The first-order valence-electron chi connectivity index (χ1n) is 9.12. The van der Waals surface area contributed by atoms with Gasteiger partial charge in [0.05, 0.1) is 17.6 Å². The molecule has 136 valence electrons. The minimum Gasteiger partial charge on any atom is -0.388 e. The zero-order valence-electron chi connectivity index (χ0n) is 15.4. The van der Waals surface area contributed by atoms with Gasteiger partial charge in [-0.25, -0.2) is 0 Å². The van der Waals surface area contributed by atoms with Gasteiger partial charge in [-0.05, 0) is 39.2 Å². The normalized spacial score (nSPS) is 24.2. The van der Waals surface area contributed by atoms with E-state index in [1.54, 1.807) is 23.6 Å². The van der Waals surface area contributed by atoms with Crippen LogP contribution in [0, 0.1) is 12.8 Å². The number of carbonyl (C=O) groups excluding carboxylic acids is 2. The van der Waals surface area contributed by atoms with Crippen LogP contribution in [0.4, 0.5) is 0 Å². The molecule has 2 saturated heterocycles. The Morgan fingerprint density at radius 1 is 1.28 bits per heavy atom. The largest absolute Gasteiger partial charge is 0.388 e. The number of aryl methyl sites for hydroxylation is 1. The van der Waals surface area contributed by atoms with E-state index >= 15 is 0 Å². The Morgan fingerprint density at radius 2 is 1.96 bits per heavy atom. The first kappa shape index (κ1) is 17.9. The zero-order valence-corrected chi connectivity index (χ0v) is 15.4. The van der Waals surface area contributed by atoms with E-state index in [0.717, 1.165) is 18.4 Å². The topological polar surface area (TPSA) is 60.9 Å². The van der Waals surface area contributed by atoms with Crippen LogP contribution < -0.4 is 0 Å². The van der Waals surface area contributed by atoms with Gasteiger partial charge in [0.1, 0.15) is 0 Å². The second kappa shape index (κ2) is 6.79. The van der Waals surface area contributed by atoms with Gasteiger partial charge >= 0.3 is 0 Å². The molecule has 3 rings (SSSR count). The lowest BCUT2D eigenvalue weighted by atomic mass is 9.95. The maximum Gasteiger partial charge on any atom is 0.228 e. The number of carbonyl (C=O) groups is 2. The third kappa shape index (κ3) is 3.87. The van der Waals surface area contributed by atoms with Crippen LogP contribution in [-0.2, 0) is 16.1 Å². The maximum absolute atomic E-state index is 12.9. The summed E-state index contributed by atoms with van der Waals surface area (Å²) in [4.78, 5) is 28.9. The van der Waals surface area contributed by atoms with Gasteiger partial charge in [-0.1, -0.05) is 29.8 Å². The number of nitrogens with zero attached hydrogens (tertiary/aromatic N) is 2. The third-order valence-corrected chi connectivity index (χ3v) is 5.41. The summed E-state index contributed by atoms with van der Waals surface area (Å²) in [7, 11) is 0. The minimum absolute atomic E-state index is 0.0179. The SMILES string of the molecule is Cc1ccc(CN2CC(C(=O)N3CCCC3C(C)(C)O)CC2=O)cc1. The molecule has 0 saturated carbocycles. The van der Waals surface area contributed by atoms with Gasteiger partial charge in [0.15, 0.2) is 0 Å². The van der Waals surface area contributed by atoms with E-state index in [9.17, 15) is 14.7 Å². The van der Waals surface area contributed by atoms with E-state index in [1.165, 1.54) is 5.56 Å². The molecule has 0 radical (unpaired) electrons. The van der Waals surface area contributed by atoms with Gasteiger partial charge in [0, 0.05) is 26.1 Å². The molecule has 2 unspecified atom stereocenters. The molecule has 2 amide bonds. The molecule has 2 aliphatic heterocycles. The molecule has 2 fully saturated rings. The predicted octanol–water partition coefficient (Wildman–Crippen LogP) is 2.11. The van der Waals surface area contributed by atoms with Crippen molar-refractivity contribution in [1.29, 1.82) is 0 Å². The Morgan fingerprint density at radius 3 is 2.60 bits per heavy atom. The van der Waals surface area contributed by atoms with E-state index in [-0.39, 0.29) is 30.2 Å². The van der Waals surface area contributed by atoms with Crippen LogP contribution in [0.3, 0.4) is 0 Å². The van der Waals surface area contributed by atoms with Gasteiger partial charge in [0.2, 0.25) is 11.8 Å². The number of rotatable bonds is 4. The van der Waals surface area contributed by atoms with Crippen molar-refractivity contribution in [2.75, 3.05) is 13.1 Å². The highest BCUT2D eigenvalue weighted by Gasteiger charge is 2.43. The van der Waals surface area contributed by atoms with Crippen LogP contribution in [0.2, 0.25) is 0 Å². The lowest BCUT2D eigenvalue weighted by Crippen LogP contribution is -2.50. The molecule has 0 aromatic heterocycles. The van der Waals surface area contributed by atoms with Crippen molar-refractivity contribution in [3.8, 4) is 0 Å². The Hall–Kier alpha value is -1.88. The number of likely N-dealkylation sites (tertiary alicyclic amines) is 2. The number of hydrogen-bond donors (Lipinski definition) is 1. The molecule has 0 spiro atoms. The molecule has 2 aliphatic rings. The van der Waals surface area contributed by atoms with Crippen LogP contribution >= 0.6 is 0 Å². The second-order valence-electron chi connectivity index (χ2n) is 8.00. The van der Waals surface area contributed by atoms with E-state index in [2.05, 4.69) is 0 Å². The molecular weight excluding hydrogens is 316 g/mol. The number of aliphatic hydroxyl groups is 1. The highest BCUT2D eigenvalue weighted by molar-refractivity contribution is 5.89. The molecule has 5 nitrogen and oxygen atoms in total. The first-order valence-corrected chi connectivity index (χ1v) is 9.12. The van der Waals surface area contributed by atoms with Crippen LogP contribution in [0.1, 0.15) is 44.2 Å². The molecule has 1 aromatic carbocycles. The average molecular weight is 344 g/mol. The summed E-state index contributed by atoms with van der Waals surface area (Å²) in [5.74, 6) is -0.233. The van der Waals surface area contributed by atoms with Crippen LogP contribution in [0.5, 0.6) is 0 Å². The van der Waals surface area contributed by atoms with Crippen LogP contribution in [-0.4, -0.2) is 51.5 Å². The quantitative estimate of drug-likeness (QED) is 0.910. The van der Waals surface area contributed by atoms with Gasteiger partial charge in [-0.3, -0.25) is 9.59 Å². The summed E-state index contributed by atoms with van der Waals surface area (Å²) in [6, 6.07) is 7.99. The van der Waals surface area contributed by atoms with Crippen LogP contribution in [0.15, 0.2) is 24.3 Å². The molecule has 25 heavy (non-hydrogen) atoms. The standard InChI is InChI=1S/C20H28N2O3/c1-14-6-8-15(9-7-14)12-21-13-16(11-18(21)23)19(24)22-10-4-5-17(22)20(2,3)25/h6-9,16-17,25H,4-5,10-13H2,1-3H3. The van der Waals surface area contributed by atoms with Crippen molar-refractivity contribution < 1.29 is 14.7 Å². The Balaban J connectivity index is 1.65. The Labute approximate surface area is 149 Å². The van der Waals surface area contributed by atoms with Gasteiger partial charge in [-0.15, -0.1) is 0 Å². The fourth-order valence-electron chi connectivity index (χ4n) is 4.00. The summed E-state index contributed by atoms with van der Waals surface area (Å²) in [5.41, 5.74) is 1.37. The fraction of sp³-hybridized carbons (Fsp3) is 0.600. The summed E-state index contributed by atoms with van der Waals surface area (Å²) in [5, 5.41) is 10.3. The lowest BCUT2D eigenvalue weighted by molar-refractivity contribution is -0.141. The summed E-state index contributed by atoms with van der Waals surface area (Å²) in [6.45, 7) is 7.25. The highest BCUT2D eigenvalue weighted by atomic mass is 16.3. The van der Waals surface area contributed by atoms with Crippen LogP contribution in [0.25, 0.3) is 0 Å². The first-order chi connectivity index (χ1) is 11.8. The third-order valence-electron chi connectivity index (χ3n) is 5.41. The molecule has 0 bridgehead atoms. The second-order valence-corrected chi connectivity index (χ2v) is 8.00. The Bertz CT molecular complexity index is 648. The summed E-state index contributed by atoms with van der Waals surface area (Å²) in [6.07, 6.45) is 2.01. The highest BCUT2D eigenvalue weighted by Crippen LogP contribution is 2.31. The Kier molecular flexibility index (Phi) is 4.87. The maximum atomic E-state index is 12.9. The molecule has 1 aromatic rings. The van der Waals surface area contributed by atoms with Gasteiger partial charge < -0.3 is 14.9 Å². The number of benzene rings is 1. The number of amides is 2. The monoisotopic (exact) mass is 344 g/mol. The smallest absolute Gasteiger partial charge is 0.228 e. The molecule has 2 atom stereocenters. The van der Waals surface area contributed by atoms with Crippen molar-refractivity contribution in [3.63, 3.8) is 0 Å². The van der Waals surface area contributed by atoms with Crippen molar-refractivity contribution in [2.24, 2.45) is 5.92 Å². The fourth-order valence-corrected chi connectivity index (χ4v) is 4.00. The van der Waals surface area contributed by atoms with Crippen molar-refractivity contribution in [3.05, 3.63) is 35.4 Å². The molecule has 5 heteroatoms. The van der Waals surface area contributed by atoms with E-state index in [1.807, 2.05) is 31.2 Å². The molecule has 2 heterocycles. The molecule has 1 N–H and O–H groups in total.